The summed E-state index contributed by atoms with van der Waals surface area (Å²) in [4.78, 5) is 4.26. The highest BCUT2D eigenvalue weighted by atomic mass is 19.1. The standard InChI is InChI=1S/C16H10FN3/c17-13-5-6-15-12(7-13)9-19-20(15)16-10-18-8-11-3-1-2-4-14(11)16/h1-10H. The lowest BCUT2D eigenvalue weighted by atomic mass is 10.1. The first-order valence-electron chi connectivity index (χ1n) is 6.29. The van der Waals surface area contributed by atoms with Crippen LogP contribution in [0.3, 0.4) is 0 Å². The maximum absolute atomic E-state index is 13.3. The fraction of sp³-hybridized carbons (Fsp3) is 0. The van der Waals surface area contributed by atoms with Crippen molar-refractivity contribution >= 4 is 21.7 Å². The number of halogens is 1. The van der Waals surface area contributed by atoms with Crippen molar-refractivity contribution in [3.05, 3.63) is 66.9 Å². The lowest BCUT2D eigenvalue weighted by Crippen LogP contribution is -1.98. The quantitative estimate of drug-likeness (QED) is 0.524. The van der Waals surface area contributed by atoms with Crippen molar-refractivity contribution in [2.75, 3.05) is 0 Å². The van der Waals surface area contributed by atoms with Gasteiger partial charge < -0.3 is 0 Å². The van der Waals surface area contributed by atoms with Crippen molar-refractivity contribution in [2.45, 2.75) is 0 Å². The molecule has 0 aliphatic rings. The van der Waals surface area contributed by atoms with E-state index in [2.05, 4.69) is 10.1 Å². The lowest BCUT2D eigenvalue weighted by Gasteiger charge is -2.07. The van der Waals surface area contributed by atoms with Crippen LogP contribution in [0.2, 0.25) is 0 Å². The van der Waals surface area contributed by atoms with Crippen molar-refractivity contribution in [1.82, 2.24) is 14.8 Å². The normalized spacial score (nSPS) is 11.2. The molecular weight excluding hydrogens is 253 g/mol. The highest BCUT2D eigenvalue weighted by Crippen LogP contribution is 2.24. The van der Waals surface area contributed by atoms with Gasteiger partial charge in [0.1, 0.15) is 5.82 Å². The summed E-state index contributed by atoms with van der Waals surface area (Å²) in [6.45, 7) is 0. The molecule has 20 heavy (non-hydrogen) atoms. The van der Waals surface area contributed by atoms with Crippen molar-refractivity contribution in [2.24, 2.45) is 0 Å². The number of nitrogens with zero attached hydrogens (tertiary/aromatic N) is 3. The van der Waals surface area contributed by atoms with E-state index in [0.29, 0.717) is 0 Å². The Bertz CT molecular complexity index is 922. The van der Waals surface area contributed by atoms with E-state index >= 15 is 0 Å². The summed E-state index contributed by atoms with van der Waals surface area (Å²) in [6, 6.07) is 12.7. The van der Waals surface area contributed by atoms with Crippen LogP contribution >= 0.6 is 0 Å². The van der Waals surface area contributed by atoms with Gasteiger partial charge in [-0.3, -0.25) is 4.98 Å². The number of rotatable bonds is 1. The van der Waals surface area contributed by atoms with E-state index in [1.54, 1.807) is 23.1 Å². The summed E-state index contributed by atoms with van der Waals surface area (Å²) in [5.74, 6) is -0.256. The summed E-state index contributed by atoms with van der Waals surface area (Å²) < 4.78 is 15.0. The molecule has 4 heteroatoms. The Balaban J connectivity index is 2.06. The Morgan fingerprint density at radius 2 is 1.80 bits per heavy atom. The molecule has 0 amide bonds. The molecule has 4 rings (SSSR count). The topological polar surface area (TPSA) is 30.7 Å². The van der Waals surface area contributed by atoms with Gasteiger partial charge in [-0.15, -0.1) is 0 Å². The third-order valence-corrected chi connectivity index (χ3v) is 3.41. The van der Waals surface area contributed by atoms with Crippen LogP contribution in [0.4, 0.5) is 4.39 Å². The van der Waals surface area contributed by atoms with Crippen LogP contribution in [0.1, 0.15) is 0 Å². The zero-order valence-corrected chi connectivity index (χ0v) is 10.5. The first kappa shape index (κ1) is 11.1. The summed E-state index contributed by atoms with van der Waals surface area (Å²) in [5, 5.41) is 7.26. The average molecular weight is 263 g/mol. The molecule has 3 nitrogen and oxygen atoms in total. The van der Waals surface area contributed by atoms with E-state index in [-0.39, 0.29) is 5.82 Å². The molecule has 2 aromatic carbocycles. The van der Waals surface area contributed by atoms with Crippen LogP contribution in [-0.4, -0.2) is 14.8 Å². The van der Waals surface area contributed by atoms with E-state index in [9.17, 15) is 4.39 Å². The molecule has 0 saturated carbocycles. The third kappa shape index (κ3) is 1.58. The van der Waals surface area contributed by atoms with Crippen LogP contribution in [0.15, 0.2) is 61.1 Å². The van der Waals surface area contributed by atoms with Gasteiger partial charge in [-0.25, -0.2) is 9.07 Å². The zero-order chi connectivity index (χ0) is 13.5. The van der Waals surface area contributed by atoms with Gasteiger partial charge in [0.25, 0.3) is 0 Å². The molecule has 0 aliphatic heterocycles. The number of aromatic nitrogens is 3. The highest BCUT2D eigenvalue weighted by molar-refractivity contribution is 5.91. The Morgan fingerprint density at radius 1 is 0.900 bits per heavy atom. The monoisotopic (exact) mass is 263 g/mol. The maximum Gasteiger partial charge on any atom is 0.124 e. The molecule has 0 saturated heterocycles. The first-order valence-corrected chi connectivity index (χ1v) is 6.29. The van der Waals surface area contributed by atoms with E-state index in [4.69, 9.17) is 0 Å². The number of hydrogen-bond acceptors (Lipinski definition) is 2. The minimum absolute atomic E-state index is 0.256. The molecule has 2 heterocycles. The van der Waals surface area contributed by atoms with Crippen molar-refractivity contribution in [3.8, 4) is 5.69 Å². The molecule has 4 aromatic rings. The summed E-state index contributed by atoms with van der Waals surface area (Å²) in [6.07, 6.45) is 5.27. The van der Waals surface area contributed by atoms with Crippen LogP contribution in [0, 0.1) is 5.82 Å². The molecule has 96 valence electrons. The second-order valence-electron chi connectivity index (χ2n) is 4.64. The summed E-state index contributed by atoms with van der Waals surface area (Å²) in [7, 11) is 0. The van der Waals surface area contributed by atoms with Crippen molar-refractivity contribution in [1.29, 1.82) is 0 Å². The molecule has 0 unspecified atom stereocenters. The Labute approximate surface area is 114 Å². The van der Waals surface area contributed by atoms with E-state index in [1.807, 2.05) is 30.5 Å². The molecule has 2 aromatic heterocycles. The lowest BCUT2D eigenvalue weighted by molar-refractivity contribution is 0.629. The van der Waals surface area contributed by atoms with Gasteiger partial charge in [0, 0.05) is 22.4 Å². The second-order valence-corrected chi connectivity index (χ2v) is 4.64. The first-order chi connectivity index (χ1) is 9.83. The van der Waals surface area contributed by atoms with Gasteiger partial charge in [0.15, 0.2) is 0 Å². The fourth-order valence-corrected chi connectivity index (χ4v) is 2.47. The summed E-state index contributed by atoms with van der Waals surface area (Å²) in [5.41, 5.74) is 1.76. The van der Waals surface area contributed by atoms with Crippen LogP contribution in [0.25, 0.3) is 27.4 Å². The predicted octanol–water partition coefficient (Wildman–Crippen LogP) is 3.71. The van der Waals surface area contributed by atoms with Gasteiger partial charge >= 0.3 is 0 Å². The fourth-order valence-electron chi connectivity index (χ4n) is 2.47. The molecule has 0 atom stereocenters. The zero-order valence-electron chi connectivity index (χ0n) is 10.5. The Hall–Kier alpha value is -2.75. The molecule has 0 fully saturated rings. The Morgan fingerprint density at radius 3 is 2.75 bits per heavy atom. The van der Waals surface area contributed by atoms with Gasteiger partial charge in [-0.1, -0.05) is 24.3 Å². The molecular formula is C16H10FN3. The van der Waals surface area contributed by atoms with E-state index in [0.717, 1.165) is 27.4 Å². The SMILES string of the molecule is Fc1ccc2c(cnn2-c2cncc3ccccc23)c1. The highest BCUT2D eigenvalue weighted by Gasteiger charge is 2.09. The summed E-state index contributed by atoms with van der Waals surface area (Å²) >= 11 is 0. The van der Waals surface area contributed by atoms with Gasteiger partial charge in [0.2, 0.25) is 0 Å². The van der Waals surface area contributed by atoms with Crippen molar-refractivity contribution in [3.63, 3.8) is 0 Å². The van der Waals surface area contributed by atoms with Gasteiger partial charge in [0.05, 0.1) is 23.6 Å². The van der Waals surface area contributed by atoms with E-state index in [1.165, 1.54) is 12.1 Å². The number of benzene rings is 2. The minimum atomic E-state index is -0.256. The Kier molecular flexibility index (Phi) is 2.29. The average Bonchev–Trinajstić information content (AvgIpc) is 2.89. The third-order valence-electron chi connectivity index (χ3n) is 3.41. The molecule has 0 spiro atoms. The van der Waals surface area contributed by atoms with Gasteiger partial charge in [-0.2, -0.15) is 5.10 Å². The minimum Gasteiger partial charge on any atom is -0.262 e. The molecule has 0 N–H and O–H groups in total. The van der Waals surface area contributed by atoms with Crippen LogP contribution < -0.4 is 0 Å². The molecule has 0 radical (unpaired) electrons. The number of hydrogen-bond donors (Lipinski definition) is 0. The van der Waals surface area contributed by atoms with Gasteiger partial charge in [-0.05, 0) is 18.2 Å². The second kappa shape index (κ2) is 4.13. The maximum atomic E-state index is 13.3. The van der Waals surface area contributed by atoms with E-state index < -0.39 is 0 Å². The number of fused-ring (bicyclic) bond motifs is 2. The molecule has 0 bridgehead atoms. The van der Waals surface area contributed by atoms with Crippen LogP contribution in [-0.2, 0) is 0 Å². The predicted molar refractivity (Wildman–Crippen MR) is 76.3 cm³/mol. The molecule has 0 aliphatic carbocycles. The van der Waals surface area contributed by atoms with Crippen LogP contribution in [0.5, 0.6) is 0 Å². The smallest absolute Gasteiger partial charge is 0.124 e. The largest absolute Gasteiger partial charge is 0.262 e. The number of pyridine rings is 1. The van der Waals surface area contributed by atoms with Crippen molar-refractivity contribution < 1.29 is 4.39 Å².